The third kappa shape index (κ3) is 3.26. The fourth-order valence-corrected chi connectivity index (χ4v) is 4.02. The van der Waals surface area contributed by atoms with Gasteiger partial charge in [0.05, 0.1) is 6.20 Å². The number of anilines is 1. The molecule has 0 spiro atoms. The van der Waals surface area contributed by atoms with E-state index in [1.165, 1.54) is 4.52 Å². The molecule has 1 N–H and O–H groups in total. The highest BCUT2D eigenvalue weighted by Crippen LogP contribution is 2.29. The van der Waals surface area contributed by atoms with Crippen LogP contribution in [0.1, 0.15) is 30.0 Å². The van der Waals surface area contributed by atoms with Crippen LogP contribution in [0.3, 0.4) is 0 Å². The lowest BCUT2D eigenvalue weighted by Crippen LogP contribution is -2.41. The molecule has 0 atom stereocenters. The van der Waals surface area contributed by atoms with Crippen LogP contribution in [0.2, 0.25) is 5.02 Å². The highest BCUT2D eigenvalue weighted by atomic mass is 35.5. The van der Waals surface area contributed by atoms with Gasteiger partial charge in [-0.3, -0.25) is 4.79 Å². The van der Waals surface area contributed by atoms with Crippen molar-refractivity contribution in [1.29, 1.82) is 0 Å². The molecule has 0 unspecified atom stereocenters. The molecule has 3 heterocycles. The quantitative estimate of drug-likeness (QED) is 0.717. The number of likely N-dealkylation sites (tertiary alicyclic amines) is 1. The Hall–Kier alpha value is -2.80. The maximum Gasteiger partial charge on any atom is 0.321 e. The van der Waals surface area contributed by atoms with E-state index in [4.69, 9.17) is 11.6 Å². The van der Waals surface area contributed by atoms with Crippen molar-refractivity contribution >= 4 is 29.0 Å². The SMILES string of the molecule is Cc1c(Cl)cccc1NC(=O)N1CCC(c2cc(=O)n3nccc3n2C)CC1. The fourth-order valence-electron chi connectivity index (χ4n) is 3.84. The minimum atomic E-state index is -0.121. The predicted molar refractivity (Wildman–Crippen MR) is 109 cm³/mol. The Kier molecular flexibility index (Phi) is 4.85. The largest absolute Gasteiger partial charge is 0.333 e. The van der Waals surface area contributed by atoms with Crippen LogP contribution in [0, 0.1) is 6.92 Å². The molecular formula is C20H22ClN5O2. The number of piperidine rings is 1. The minimum Gasteiger partial charge on any atom is -0.333 e. The van der Waals surface area contributed by atoms with Crippen molar-refractivity contribution in [2.24, 2.45) is 7.05 Å². The molecule has 1 fully saturated rings. The first-order chi connectivity index (χ1) is 13.5. The number of nitrogens with one attached hydrogen (secondary N) is 1. The number of halogens is 1. The van der Waals surface area contributed by atoms with Gasteiger partial charge in [-0.15, -0.1) is 0 Å². The first-order valence-corrected chi connectivity index (χ1v) is 9.68. The average molecular weight is 400 g/mol. The monoisotopic (exact) mass is 399 g/mol. The summed E-state index contributed by atoms with van der Waals surface area (Å²) in [7, 11) is 1.95. The van der Waals surface area contributed by atoms with Gasteiger partial charge in [-0.2, -0.15) is 9.61 Å². The number of aromatic nitrogens is 3. The zero-order valence-corrected chi connectivity index (χ0v) is 16.6. The summed E-state index contributed by atoms with van der Waals surface area (Å²) < 4.78 is 3.42. The van der Waals surface area contributed by atoms with E-state index in [1.807, 2.05) is 41.6 Å². The molecular weight excluding hydrogens is 378 g/mol. The molecule has 0 saturated carbocycles. The molecule has 7 nitrogen and oxygen atoms in total. The molecule has 0 radical (unpaired) electrons. The number of hydrogen-bond donors (Lipinski definition) is 1. The predicted octanol–water partition coefficient (Wildman–Crippen LogP) is 3.41. The maximum atomic E-state index is 12.6. The fraction of sp³-hybridized carbons (Fsp3) is 0.350. The summed E-state index contributed by atoms with van der Waals surface area (Å²) in [4.78, 5) is 26.7. The van der Waals surface area contributed by atoms with E-state index >= 15 is 0 Å². The molecule has 1 aliphatic heterocycles. The zero-order valence-electron chi connectivity index (χ0n) is 15.9. The Morgan fingerprint density at radius 3 is 2.75 bits per heavy atom. The summed E-state index contributed by atoms with van der Waals surface area (Å²) in [6.07, 6.45) is 3.24. The van der Waals surface area contributed by atoms with Gasteiger partial charge >= 0.3 is 6.03 Å². The van der Waals surface area contributed by atoms with E-state index in [9.17, 15) is 9.59 Å². The van der Waals surface area contributed by atoms with Gasteiger partial charge in [0.25, 0.3) is 5.56 Å². The van der Waals surface area contributed by atoms with Crippen molar-refractivity contribution in [2.75, 3.05) is 18.4 Å². The number of urea groups is 1. The molecule has 28 heavy (non-hydrogen) atoms. The summed E-state index contributed by atoms with van der Waals surface area (Å²) in [6, 6.07) is 8.85. The smallest absolute Gasteiger partial charge is 0.321 e. The Labute approximate surface area is 167 Å². The Balaban J connectivity index is 1.46. The number of nitrogens with zero attached hydrogens (tertiary/aromatic N) is 4. The number of fused-ring (bicyclic) bond motifs is 1. The van der Waals surface area contributed by atoms with Crippen molar-refractivity contribution in [3.8, 4) is 0 Å². The third-order valence-electron chi connectivity index (χ3n) is 5.54. The number of rotatable bonds is 2. The standard InChI is InChI=1S/C20H22ClN5O2/c1-13-15(21)4-3-5-16(13)23-20(28)25-10-7-14(8-11-25)17-12-19(27)26-18(24(17)2)6-9-22-26/h3-6,9,12,14H,7-8,10-11H2,1-2H3,(H,23,28). The second-order valence-electron chi connectivity index (χ2n) is 7.17. The first-order valence-electron chi connectivity index (χ1n) is 9.30. The third-order valence-corrected chi connectivity index (χ3v) is 5.95. The van der Waals surface area contributed by atoms with Gasteiger partial charge in [-0.25, -0.2) is 4.79 Å². The van der Waals surface area contributed by atoms with E-state index in [0.29, 0.717) is 18.1 Å². The van der Waals surface area contributed by atoms with Crippen LogP contribution in [-0.4, -0.2) is 38.2 Å². The summed E-state index contributed by atoms with van der Waals surface area (Å²) >= 11 is 6.13. The van der Waals surface area contributed by atoms with E-state index in [2.05, 4.69) is 10.4 Å². The molecule has 2 aromatic heterocycles. The van der Waals surface area contributed by atoms with Crippen molar-refractivity contribution in [3.63, 3.8) is 0 Å². The molecule has 0 bridgehead atoms. The lowest BCUT2D eigenvalue weighted by molar-refractivity contribution is 0.193. The van der Waals surface area contributed by atoms with Crippen LogP contribution in [0.25, 0.3) is 5.65 Å². The van der Waals surface area contributed by atoms with Crippen LogP contribution in [0.5, 0.6) is 0 Å². The van der Waals surface area contributed by atoms with Crippen LogP contribution in [0.4, 0.5) is 10.5 Å². The molecule has 1 saturated heterocycles. The number of hydrogen-bond acceptors (Lipinski definition) is 3. The van der Waals surface area contributed by atoms with Crippen LogP contribution in [0.15, 0.2) is 41.3 Å². The molecule has 1 aliphatic rings. The van der Waals surface area contributed by atoms with Gasteiger partial charge in [0.2, 0.25) is 0 Å². The molecule has 3 aromatic rings. The number of carbonyl (C=O) groups is 1. The van der Waals surface area contributed by atoms with Crippen LogP contribution < -0.4 is 10.9 Å². The number of amides is 2. The first kappa shape index (κ1) is 18.6. The van der Waals surface area contributed by atoms with Crippen LogP contribution in [-0.2, 0) is 7.05 Å². The van der Waals surface area contributed by atoms with E-state index in [0.717, 1.165) is 35.4 Å². The topological polar surface area (TPSA) is 71.6 Å². The van der Waals surface area contributed by atoms with E-state index in [1.54, 1.807) is 18.3 Å². The highest BCUT2D eigenvalue weighted by molar-refractivity contribution is 6.31. The Morgan fingerprint density at radius 2 is 2.00 bits per heavy atom. The molecule has 1 aromatic carbocycles. The Bertz CT molecular complexity index is 1100. The summed E-state index contributed by atoms with van der Waals surface area (Å²) in [5.74, 6) is 0.231. The number of aryl methyl sites for hydroxylation is 1. The highest BCUT2D eigenvalue weighted by Gasteiger charge is 2.26. The van der Waals surface area contributed by atoms with Crippen LogP contribution >= 0.6 is 11.6 Å². The second kappa shape index (κ2) is 7.31. The van der Waals surface area contributed by atoms with Crippen molar-refractivity contribution in [2.45, 2.75) is 25.7 Å². The van der Waals surface area contributed by atoms with E-state index < -0.39 is 0 Å². The van der Waals surface area contributed by atoms with Gasteiger partial charge in [0.15, 0.2) is 0 Å². The van der Waals surface area contributed by atoms with Gasteiger partial charge in [0.1, 0.15) is 5.65 Å². The van der Waals surface area contributed by atoms with Gasteiger partial charge in [0, 0.05) is 54.6 Å². The van der Waals surface area contributed by atoms with Gasteiger partial charge in [-0.05, 0) is 37.5 Å². The molecule has 0 aliphatic carbocycles. The minimum absolute atomic E-state index is 0.121. The number of carbonyl (C=O) groups excluding carboxylic acids is 1. The second-order valence-corrected chi connectivity index (χ2v) is 7.58. The lowest BCUT2D eigenvalue weighted by atomic mass is 9.93. The summed E-state index contributed by atoms with van der Waals surface area (Å²) in [6.45, 7) is 3.15. The Morgan fingerprint density at radius 1 is 1.25 bits per heavy atom. The van der Waals surface area contributed by atoms with E-state index in [-0.39, 0.29) is 17.5 Å². The molecule has 2 amide bonds. The molecule has 146 valence electrons. The van der Waals surface area contributed by atoms with Crippen molar-refractivity contribution in [1.82, 2.24) is 19.1 Å². The zero-order chi connectivity index (χ0) is 19.8. The maximum absolute atomic E-state index is 12.6. The van der Waals surface area contributed by atoms with Gasteiger partial charge in [-0.1, -0.05) is 17.7 Å². The number of benzene rings is 1. The van der Waals surface area contributed by atoms with Crippen molar-refractivity contribution in [3.05, 3.63) is 63.2 Å². The normalized spacial score (nSPS) is 15.2. The van der Waals surface area contributed by atoms with Crippen molar-refractivity contribution < 1.29 is 4.79 Å². The average Bonchev–Trinajstić information content (AvgIpc) is 3.19. The molecule has 8 heteroatoms. The summed E-state index contributed by atoms with van der Waals surface area (Å²) in [5.41, 5.74) is 3.23. The lowest BCUT2D eigenvalue weighted by Gasteiger charge is -2.33. The molecule has 4 rings (SSSR count). The summed E-state index contributed by atoms with van der Waals surface area (Å²) in [5, 5.41) is 7.65. The van der Waals surface area contributed by atoms with Gasteiger partial charge < -0.3 is 14.8 Å².